The lowest BCUT2D eigenvalue weighted by Gasteiger charge is -2.53. The second-order valence-electron chi connectivity index (χ2n) is 10.0. The van der Waals surface area contributed by atoms with Crippen molar-refractivity contribution in [3.63, 3.8) is 0 Å². The van der Waals surface area contributed by atoms with E-state index in [1.165, 1.54) is 18.1 Å². The first kappa shape index (κ1) is 27.6. The van der Waals surface area contributed by atoms with E-state index in [4.69, 9.17) is 16.3 Å². The number of benzene rings is 2. The van der Waals surface area contributed by atoms with Gasteiger partial charge in [-0.1, -0.05) is 50.6 Å². The Bertz CT molecular complexity index is 1140. The molecule has 4 atom stereocenters. The lowest BCUT2D eigenvalue weighted by molar-refractivity contribution is -0.200. The molecule has 1 fully saturated rings. The number of piperidine rings is 1. The number of aliphatic hydroxyl groups is 2. The van der Waals surface area contributed by atoms with Gasteiger partial charge in [0.25, 0.3) is 5.91 Å². The number of rotatable bonds is 6. The smallest absolute Gasteiger partial charge is 0.337 e. The summed E-state index contributed by atoms with van der Waals surface area (Å²) in [6.07, 6.45) is -1.23. The van der Waals surface area contributed by atoms with Crippen molar-refractivity contribution >= 4 is 29.4 Å². The molecule has 2 amide bonds. The van der Waals surface area contributed by atoms with E-state index in [2.05, 4.69) is 5.32 Å². The molecule has 0 radical (unpaired) electrons. The topological polar surface area (TPSA) is 116 Å². The number of nitrogens with one attached hydrogen (secondary N) is 1. The highest BCUT2D eigenvalue weighted by molar-refractivity contribution is 6.30. The number of β-amino-alcohol motifs (C(OH)–C–C–N with tert-alkyl or cyclic N) is 1. The molecule has 0 aromatic heterocycles. The highest BCUT2D eigenvalue weighted by Gasteiger charge is 2.55. The summed E-state index contributed by atoms with van der Waals surface area (Å²) >= 11 is 5.99. The predicted octanol–water partition coefficient (Wildman–Crippen LogP) is 3.00. The van der Waals surface area contributed by atoms with Crippen molar-refractivity contribution in [2.45, 2.75) is 45.4 Å². The molecule has 2 aromatic carbocycles. The second kappa shape index (κ2) is 10.6. The van der Waals surface area contributed by atoms with E-state index in [9.17, 15) is 24.6 Å². The average Bonchev–Trinajstić information content (AvgIpc) is 2.85. The first-order valence-corrected chi connectivity index (χ1v) is 12.1. The second-order valence-corrected chi connectivity index (χ2v) is 10.5. The maximum absolute atomic E-state index is 13.4. The largest absolute Gasteiger partial charge is 0.465 e. The molecular weight excluding hydrogens is 484 g/mol. The highest BCUT2D eigenvalue weighted by atomic mass is 35.5. The summed E-state index contributed by atoms with van der Waals surface area (Å²) in [4.78, 5) is 39.4. The Morgan fingerprint density at radius 1 is 1.11 bits per heavy atom. The van der Waals surface area contributed by atoms with Gasteiger partial charge in [0.2, 0.25) is 5.91 Å². The fraction of sp³-hybridized carbons (Fsp3) is 0.444. The number of likely N-dealkylation sites (tertiary alicyclic amines) is 1. The minimum atomic E-state index is -1.58. The van der Waals surface area contributed by atoms with Crippen LogP contribution in [0, 0.1) is 11.3 Å². The molecule has 2 aromatic rings. The predicted molar refractivity (Wildman–Crippen MR) is 136 cm³/mol. The summed E-state index contributed by atoms with van der Waals surface area (Å²) in [5.41, 5.74) is -1.41. The first-order chi connectivity index (χ1) is 16.8. The van der Waals surface area contributed by atoms with E-state index in [1.54, 1.807) is 70.2 Å². The molecule has 3 rings (SSSR count). The molecule has 0 saturated carbocycles. The lowest BCUT2D eigenvalue weighted by Crippen LogP contribution is -2.65. The van der Waals surface area contributed by atoms with E-state index in [1.807, 2.05) is 0 Å². The van der Waals surface area contributed by atoms with Crippen LogP contribution in [0.4, 0.5) is 0 Å². The van der Waals surface area contributed by atoms with Gasteiger partial charge >= 0.3 is 5.97 Å². The number of aliphatic hydroxyl groups excluding tert-OH is 1. The zero-order chi connectivity index (χ0) is 26.8. The zero-order valence-corrected chi connectivity index (χ0v) is 21.9. The zero-order valence-electron chi connectivity index (χ0n) is 21.1. The molecule has 9 heteroatoms. The van der Waals surface area contributed by atoms with Crippen LogP contribution in [0.5, 0.6) is 0 Å². The van der Waals surface area contributed by atoms with Crippen molar-refractivity contribution in [2.75, 3.05) is 20.2 Å². The third kappa shape index (κ3) is 5.26. The minimum Gasteiger partial charge on any atom is -0.465 e. The van der Waals surface area contributed by atoms with Crippen LogP contribution >= 0.6 is 11.6 Å². The quantitative estimate of drug-likeness (QED) is 0.508. The normalized spacial score (nSPS) is 22.9. The van der Waals surface area contributed by atoms with Crippen LogP contribution in [0.2, 0.25) is 5.02 Å². The van der Waals surface area contributed by atoms with Crippen LogP contribution in [-0.2, 0) is 15.1 Å². The summed E-state index contributed by atoms with van der Waals surface area (Å²) < 4.78 is 4.70. The van der Waals surface area contributed by atoms with Crippen LogP contribution in [-0.4, -0.2) is 65.2 Å². The van der Waals surface area contributed by atoms with Crippen molar-refractivity contribution in [1.82, 2.24) is 10.2 Å². The van der Waals surface area contributed by atoms with Crippen molar-refractivity contribution in [3.8, 4) is 0 Å². The third-order valence-electron chi connectivity index (χ3n) is 7.13. The van der Waals surface area contributed by atoms with Crippen molar-refractivity contribution in [1.29, 1.82) is 0 Å². The number of ether oxygens (including phenoxy) is 1. The number of esters is 1. The van der Waals surface area contributed by atoms with Gasteiger partial charge in [0.1, 0.15) is 11.7 Å². The highest BCUT2D eigenvalue weighted by Crippen LogP contribution is 2.46. The van der Waals surface area contributed by atoms with E-state index in [0.717, 1.165) is 0 Å². The fourth-order valence-corrected chi connectivity index (χ4v) is 4.86. The van der Waals surface area contributed by atoms with E-state index in [0.29, 0.717) is 10.6 Å². The Labute approximate surface area is 216 Å². The number of amides is 2. The van der Waals surface area contributed by atoms with Gasteiger partial charge < -0.3 is 25.2 Å². The van der Waals surface area contributed by atoms with Crippen LogP contribution in [0.3, 0.4) is 0 Å². The van der Waals surface area contributed by atoms with E-state index >= 15 is 0 Å². The van der Waals surface area contributed by atoms with Crippen LogP contribution in [0.25, 0.3) is 0 Å². The summed E-state index contributed by atoms with van der Waals surface area (Å²) in [5, 5.41) is 25.9. The summed E-state index contributed by atoms with van der Waals surface area (Å²) in [7, 11) is 1.26. The molecule has 194 valence electrons. The third-order valence-corrected chi connectivity index (χ3v) is 7.39. The Hall–Kier alpha value is -2.94. The van der Waals surface area contributed by atoms with E-state index in [-0.39, 0.29) is 30.1 Å². The molecule has 1 heterocycles. The van der Waals surface area contributed by atoms with Gasteiger partial charge in [0, 0.05) is 35.1 Å². The first-order valence-electron chi connectivity index (χ1n) is 11.8. The summed E-state index contributed by atoms with van der Waals surface area (Å²) in [5.74, 6) is -1.84. The Kier molecular flexibility index (Phi) is 8.13. The van der Waals surface area contributed by atoms with Gasteiger partial charge in [-0.05, 0) is 42.8 Å². The standard InChI is InChI=1S/C27H33ClN2O6/c1-16(17(2)29-23(32)18-7-6-8-19(13-18)25(34)36-5)24(33)30-14-22(31)27(35,26(3,4)15-30)20-9-11-21(28)12-10-20/h6-13,16-17,22,31,35H,14-15H2,1-5H3,(H,29,32)/t16-,17?,22-,27-/m1/s1. The molecule has 0 aliphatic carbocycles. The SMILES string of the molecule is COC(=O)c1cccc(C(=O)NC(C)[C@@H](C)C(=O)N2C[C@@H](O)[C@](O)(c3ccc(Cl)cc3)C(C)(C)C2)c1. The van der Waals surface area contributed by atoms with Gasteiger partial charge in [0.15, 0.2) is 0 Å². The summed E-state index contributed by atoms with van der Waals surface area (Å²) in [6.45, 7) is 7.17. The van der Waals surface area contributed by atoms with Gasteiger partial charge in [-0.2, -0.15) is 0 Å². The molecule has 0 bridgehead atoms. The minimum absolute atomic E-state index is 0.0619. The molecule has 0 spiro atoms. The number of methoxy groups -OCH3 is 1. The molecular formula is C27H33ClN2O6. The molecule has 1 saturated heterocycles. The van der Waals surface area contributed by atoms with Crippen molar-refractivity contribution in [2.24, 2.45) is 11.3 Å². The summed E-state index contributed by atoms with van der Waals surface area (Å²) in [6, 6.07) is 12.3. The van der Waals surface area contributed by atoms with Crippen LogP contribution in [0.15, 0.2) is 48.5 Å². The monoisotopic (exact) mass is 516 g/mol. The number of nitrogens with zero attached hydrogens (tertiary/aromatic N) is 1. The Morgan fingerprint density at radius 3 is 2.31 bits per heavy atom. The molecule has 1 aliphatic heterocycles. The van der Waals surface area contributed by atoms with Gasteiger partial charge in [-0.25, -0.2) is 4.79 Å². The number of hydrogen-bond donors (Lipinski definition) is 3. The van der Waals surface area contributed by atoms with Crippen molar-refractivity contribution < 1.29 is 29.3 Å². The molecule has 8 nitrogen and oxygen atoms in total. The average molecular weight is 517 g/mol. The van der Waals surface area contributed by atoms with Gasteiger partial charge in [0.05, 0.1) is 18.6 Å². The molecule has 3 N–H and O–H groups in total. The molecule has 1 unspecified atom stereocenters. The van der Waals surface area contributed by atoms with Crippen LogP contribution in [0.1, 0.15) is 54.0 Å². The van der Waals surface area contributed by atoms with E-state index < -0.39 is 41.0 Å². The number of hydrogen-bond acceptors (Lipinski definition) is 6. The number of carbonyl (C=O) groups is 3. The lowest BCUT2D eigenvalue weighted by atomic mass is 9.65. The number of carbonyl (C=O) groups excluding carboxylic acids is 3. The maximum Gasteiger partial charge on any atom is 0.337 e. The Balaban J connectivity index is 1.71. The van der Waals surface area contributed by atoms with Crippen molar-refractivity contribution in [3.05, 3.63) is 70.2 Å². The van der Waals surface area contributed by atoms with Gasteiger partial charge in [-0.15, -0.1) is 0 Å². The molecule has 36 heavy (non-hydrogen) atoms. The number of halogens is 1. The van der Waals surface area contributed by atoms with Crippen LogP contribution < -0.4 is 5.32 Å². The Morgan fingerprint density at radius 2 is 1.72 bits per heavy atom. The van der Waals surface area contributed by atoms with Gasteiger partial charge in [-0.3, -0.25) is 9.59 Å². The molecule has 1 aliphatic rings. The fourth-order valence-electron chi connectivity index (χ4n) is 4.73. The maximum atomic E-state index is 13.4.